The van der Waals surface area contributed by atoms with Gasteiger partial charge in [0.2, 0.25) is 5.91 Å². The number of aryl methyl sites for hydroxylation is 1. The number of likely N-dealkylation sites (N-methyl/N-ethyl adjacent to an activating group) is 1. The van der Waals surface area contributed by atoms with Crippen molar-refractivity contribution in [2.75, 3.05) is 13.6 Å². The molecular weight excluding hydrogens is 448 g/mol. The Hall–Kier alpha value is -3.60. The van der Waals surface area contributed by atoms with Crippen LogP contribution in [0, 0.1) is 12.8 Å². The van der Waals surface area contributed by atoms with Crippen LogP contribution in [0.1, 0.15) is 53.6 Å². The number of hydrogen-bond acceptors (Lipinski definition) is 3. The maximum atomic E-state index is 13.2. The lowest BCUT2D eigenvalue weighted by Gasteiger charge is -2.38. The fraction of sp³-hybridized carbons (Fsp3) is 0.355. The van der Waals surface area contributed by atoms with Crippen molar-refractivity contribution < 1.29 is 14.3 Å². The van der Waals surface area contributed by atoms with Gasteiger partial charge in [-0.05, 0) is 67.5 Å². The number of fused-ring (bicyclic) bond motifs is 1. The molecule has 0 radical (unpaired) electrons. The molecule has 1 aliphatic heterocycles. The number of rotatable bonds is 7. The van der Waals surface area contributed by atoms with Gasteiger partial charge in [0.05, 0.1) is 6.04 Å². The summed E-state index contributed by atoms with van der Waals surface area (Å²) < 4.78 is 6.17. The Morgan fingerprint density at radius 2 is 1.75 bits per heavy atom. The number of nitrogens with zero attached hydrogens (tertiary/aromatic N) is 2. The molecule has 1 saturated carbocycles. The molecule has 3 aromatic rings. The van der Waals surface area contributed by atoms with E-state index in [4.69, 9.17) is 4.74 Å². The normalized spacial score (nSPS) is 17.8. The number of benzene rings is 3. The first-order chi connectivity index (χ1) is 17.4. The van der Waals surface area contributed by atoms with Gasteiger partial charge in [0.1, 0.15) is 5.75 Å². The van der Waals surface area contributed by atoms with Crippen molar-refractivity contribution in [1.82, 2.24) is 9.80 Å². The highest BCUT2D eigenvalue weighted by molar-refractivity contribution is 5.82. The predicted octanol–water partition coefficient (Wildman–Crippen LogP) is 5.31. The summed E-state index contributed by atoms with van der Waals surface area (Å²) in [6.07, 6.45) is 2.18. The molecule has 0 N–H and O–H groups in total. The van der Waals surface area contributed by atoms with E-state index in [1.54, 1.807) is 18.9 Å². The minimum Gasteiger partial charge on any atom is -0.481 e. The fourth-order valence-electron chi connectivity index (χ4n) is 5.08. The van der Waals surface area contributed by atoms with Gasteiger partial charge in [0, 0.05) is 26.1 Å². The van der Waals surface area contributed by atoms with Crippen LogP contribution in [0.5, 0.6) is 5.75 Å². The highest BCUT2D eigenvalue weighted by atomic mass is 16.5. The monoisotopic (exact) mass is 482 g/mol. The van der Waals surface area contributed by atoms with Crippen molar-refractivity contribution in [3.63, 3.8) is 0 Å². The molecular formula is C31H34N2O3. The fourth-order valence-corrected chi connectivity index (χ4v) is 5.08. The molecule has 0 saturated heterocycles. The molecule has 2 amide bonds. The van der Waals surface area contributed by atoms with Crippen molar-refractivity contribution in [2.24, 2.45) is 5.92 Å². The summed E-state index contributed by atoms with van der Waals surface area (Å²) in [6, 6.07) is 24.3. The molecule has 5 heteroatoms. The van der Waals surface area contributed by atoms with Gasteiger partial charge in [-0.1, -0.05) is 66.2 Å². The second-order valence-electron chi connectivity index (χ2n) is 10.2. The van der Waals surface area contributed by atoms with E-state index in [-0.39, 0.29) is 23.8 Å². The van der Waals surface area contributed by atoms with E-state index in [9.17, 15) is 9.59 Å². The maximum Gasteiger partial charge on any atom is 0.263 e. The molecule has 5 nitrogen and oxygen atoms in total. The highest BCUT2D eigenvalue weighted by Crippen LogP contribution is 2.41. The second-order valence-corrected chi connectivity index (χ2v) is 10.2. The first-order valence-electron chi connectivity index (χ1n) is 12.9. The smallest absolute Gasteiger partial charge is 0.263 e. The summed E-state index contributed by atoms with van der Waals surface area (Å²) in [7, 11) is 1.80. The third-order valence-electron chi connectivity index (χ3n) is 7.25. The molecule has 186 valence electrons. The van der Waals surface area contributed by atoms with Crippen LogP contribution in [0.4, 0.5) is 0 Å². The Balaban J connectivity index is 1.38. The van der Waals surface area contributed by atoms with Crippen LogP contribution >= 0.6 is 0 Å². The Labute approximate surface area is 213 Å². The molecule has 1 heterocycles. The van der Waals surface area contributed by atoms with Crippen molar-refractivity contribution in [3.8, 4) is 5.75 Å². The largest absolute Gasteiger partial charge is 0.481 e. The highest BCUT2D eigenvalue weighted by Gasteiger charge is 2.39. The van der Waals surface area contributed by atoms with Crippen LogP contribution in [0.2, 0.25) is 0 Å². The molecule has 0 spiro atoms. The summed E-state index contributed by atoms with van der Waals surface area (Å²) >= 11 is 0. The summed E-state index contributed by atoms with van der Waals surface area (Å²) in [5.74, 6) is 0.998. The Morgan fingerprint density at radius 3 is 2.44 bits per heavy atom. The SMILES string of the molecule is Cc1ccc([C@H]2c3cc(O[C@H](C)C(=O)N(C)Cc4ccccc4)ccc3CCN2C(=O)C2CC2)cc1. The quantitative estimate of drug-likeness (QED) is 0.459. The summed E-state index contributed by atoms with van der Waals surface area (Å²) in [5.41, 5.74) is 5.70. The number of carbonyl (C=O) groups excluding carboxylic acids is 2. The van der Waals surface area contributed by atoms with Crippen molar-refractivity contribution >= 4 is 11.8 Å². The Bertz CT molecular complexity index is 1230. The van der Waals surface area contributed by atoms with Crippen molar-refractivity contribution in [2.45, 2.75) is 51.8 Å². The molecule has 5 rings (SSSR count). The van der Waals surface area contributed by atoms with Gasteiger partial charge in [-0.15, -0.1) is 0 Å². The van der Waals surface area contributed by atoms with E-state index in [1.165, 1.54) is 11.1 Å². The first kappa shape index (κ1) is 24.1. The van der Waals surface area contributed by atoms with E-state index < -0.39 is 6.10 Å². The van der Waals surface area contributed by atoms with Crippen LogP contribution in [0.3, 0.4) is 0 Å². The lowest BCUT2D eigenvalue weighted by atomic mass is 9.87. The lowest BCUT2D eigenvalue weighted by molar-refractivity contribution is -0.137. The molecule has 2 atom stereocenters. The van der Waals surface area contributed by atoms with Crippen LogP contribution in [-0.4, -0.2) is 41.3 Å². The minimum absolute atomic E-state index is 0.0720. The van der Waals surface area contributed by atoms with E-state index in [0.29, 0.717) is 12.3 Å². The first-order valence-corrected chi connectivity index (χ1v) is 12.9. The molecule has 1 aliphatic carbocycles. The average Bonchev–Trinajstić information content (AvgIpc) is 3.74. The van der Waals surface area contributed by atoms with Gasteiger partial charge in [0.25, 0.3) is 5.91 Å². The zero-order valence-electron chi connectivity index (χ0n) is 21.3. The molecule has 0 unspecified atom stereocenters. The number of carbonyl (C=O) groups is 2. The summed E-state index contributed by atoms with van der Waals surface area (Å²) in [5, 5.41) is 0. The van der Waals surface area contributed by atoms with E-state index in [2.05, 4.69) is 42.2 Å². The van der Waals surface area contributed by atoms with Crippen LogP contribution < -0.4 is 4.74 Å². The van der Waals surface area contributed by atoms with Gasteiger partial charge in [0.15, 0.2) is 6.10 Å². The zero-order chi connectivity index (χ0) is 25.2. The molecule has 36 heavy (non-hydrogen) atoms. The van der Waals surface area contributed by atoms with Crippen LogP contribution in [-0.2, 0) is 22.6 Å². The van der Waals surface area contributed by atoms with Gasteiger partial charge in [-0.3, -0.25) is 9.59 Å². The van der Waals surface area contributed by atoms with Gasteiger partial charge in [-0.25, -0.2) is 0 Å². The van der Waals surface area contributed by atoms with Crippen LogP contribution in [0.25, 0.3) is 0 Å². The topological polar surface area (TPSA) is 49.9 Å². The van der Waals surface area contributed by atoms with E-state index >= 15 is 0 Å². The zero-order valence-corrected chi connectivity index (χ0v) is 21.3. The third-order valence-corrected chi connectivity index (χ3v) is 7.25. The third kappa shape index (κ3) is 5.15. The molecule has 0 bridgehead atoms. The van der Waals surface area contributed by atoms with Gasteiger partial charge >= 0.3 is 0 Å². The summed E-state index contributed by atoms with van der Waals surface area (Å²) in [6.45, 7) is 5.13. The number of amides is 2. The predicted molar refractivity (Wildman–Crippen MR) is 141 cm³/mol. The minimum atomic E-state index is -0.623. The van der Waals surface area contributed by atoms with Crippen molar-refractivity contribution in [1.29, 1.82) is 0 Å². The van der Waals surface area contributed by atoms with E-state index in [0.717, 1.165) is 42.5 Å². The maximum absolute atomic E-state index is 13.2. The molecule has 3 aromatic carbocycles. The van der Waals surface area contributed by atoms with Gasteiger partial charge in [-0.2, -0.15) is 0 Å². The molecule has 0 aromatic heterocycles. The lowest BCUT2D eigenvalue weighted by Crippen LogP contribution is -2.41. The van der Waals surface area contributed by atoms with E-state index in [1.807, 2.05) is 42.5 Å². The Kier molecular flexibility index (Phi) is 6.82. The van der Waals surface area contributed by atoms with Crippen LogP contribution in [0.15, 0.2) is 72.8 Å². The number of hydrogen-bond donors (Lipinski definition) is 0. The summed E-state index contributed by atoms with van der Waals surface area (Å²) in [4.78, 5) is 30.0. The second kappa shape index (κ2) is 10.2. The average molecular weight is 483 g/mol. The number of ether oxygens (including phenoxy) is 1. The Morgan fingerprint density at radius 1 is 1.03 bits per heavy atom. The van der Waals surface area contributed by atoms with Crippen molar-refractivity contribution in [3.05, 3.63) is 101 Å². The van der Waals surface area contributed by atoms with Gasteiger partial charge < -0.3 is 14.5 Å². The molecule has 1 fully saturated rings. The standard InChI is InChI=1S/C31H34N2O3/c1-21-9-11-25(12-10-21)29-28-19-27(16-15-24(28)17-18-33(29)31(35)26-13-14-26)36-22(2)30(34)32(3)20-23-7-5-4-6-8-23/h4-12,15-16,19,22,26,29H,13-14,17-18,20H2,1-3H3/t22-,29+/m1/s1. The molecule has 2 aliphatic rings.